The van der Waals surface area contributed by atoms with Crippen LogP contribution < -0.4 is 24.3 Å². The third kappa shape index (κ3) is 5.31. The van der Waals surface area contributed by atoms with Gasteiger partial charge in [0.25, 0.3) is 5.91 Å². The van der Waals surface area contributed by atoms with E-state index >= 15 is 0 Å². The number of ether oxygens (including phenoxy) is 5. The van der Waals surface area contributed by atoms with E-state index in [4.69, 9.17) is 23.7 Å². The van der Waals surface area contributed by atoms with Crippen LogP contribution in [0.1, 0.15) is 13.8 Å². The topological polar surface area (TPSA) is 92.3 Å². The maximum atomic E-state index is 12.2. The third-order valence-corrected chi connectivity index (χ3v) is 3.94. The number of esters is 1. The molecule has 2 aromatic carbocycles. The highest BCUT2D eigenvalue weighted by Gasteiger charge is 2.29. The normalized spacial score (nSPS) is 14.6. The number of hydrogen-bond acceptors (Lipinski definition) is 7. The van der Waals surface area contributed by atoms with Gasteiger partial charge in [-0.2, -0.15) is 0 Å². The molecule has 8 nitrogen and oxygen atoms in total. The van der Waals surface area contributed by atoms with E-state index < -0.39 is 24.6 Å². The summed E-state index contributed by atoms with van der Waals surface area (Å²) in [5.74, 6) is 0.986. The zero-order valence-electron chi connectivity index (χ0n) is 16.3. The van der Waals surface area contributed by atoms with Gasteiger partial charge < -0.3 is 29.0 Å². The fraction of sp³-hybridized carbons (Fsp3) is 0.333. The van der Waals surface area contributed by atoms with Crippen LogP contribution in [-0.4, -0.2) is 44.4 Å². The van der Waals surface area contributed by atoms with Gasteiger partial charge >= 0.3 is 5.97 Å². The minimum absolute atomic E-state index is 0.0219. The van der Waals surface area contributed by atoms with E-state index in [9.17, 15) is 9.59 Å². The van der Waals surface area contributed by atoms with Crippen LogP contribution in [0.25, 0.3) is 0 Å². The van der Waals surface area contributed by atoms with Crippen molar-refractivity contribution in [3.63, 3.8) is 0 Å². The van der Waals surface area contributed by atoms with Crippen molar-refractivity contribution >= 4 is 17.6 Å². The molecule has 0 radical (unpaired) electrons. The van der Waals surface area contributed by atoms with Gasteiger partial charge in [-0.25, -0.2) is 4.79 Å². The van der Waals surface area contributed by atoms with Crippen molar-refractivity contribution in [2.75, 3.05) is 31.7 Å². The summed E-state index contributed by atoms with van der Waals surface area (Å²) in [6, 6.07) is 12.1. The zero-order valence-corrected chi connectivity index (χ0v) is 16.3. The first kappa shape index (κ1) is 20.3. The Hall–Kier alpha value is -3.42. The summed E-state index contributed by atoms with van der Waals surface area (Å²) in [5.41, 5.74) is 0.504. The summed E-state index contributed by atoms with van der Waals surface area (Å²) >= 11 is 0. The lowest BCUT2D eigenvalue weighted by Crippen LogP contribution is -2.39. The molecule has 1 atom stereocenters. The molecule has 1 heterocycles. The van der Waals surface area contributed by atoms with Gasteiger partial charge in [-0.05, 0) is 38.1 Å². The molecule has 154 valence electrons. The molecule has 0 saturated carbocycles. The Balaban J connectivity index is 1.52. The van der Waals surface area contributed by atoms with Crippen LogP contribution in [0.3, 0.4) is 0 Å². The standard InChI is InChI=1S/C21H23NO7/c1-3-25-16-10-9-14(11-18(16)26-4-2)22-20(23)13-28-21(24)19-12-27-15-7-5-6-8-17(15)29-19/h5-11,19H,3-4,12-13H2,1-2H3,(H,22,23)/t19-/m0/s1. The quantitative estimate of drug-likeness (QED) is 0.680. The van der Waals surface area contributed by atoms with Crippen LogP contribution in [0, 0.1) is 0 Å². The Morgan fingerprint density at radius 2 is 1.76 bits per heavy atom. The monoisotopic (exact) mass is 401 g/mol. The molecule has 1 aliphatic rings. The van der Waals surface area contributed by atoms with Crippen molar-refractivity contribution in [1.82, 2.24) is 0 Å². The molecule has 1 amide bonds. The fourth-order valence-electron chi connectivity index (χ4n) is 2.69. The molecule has 2 aromatic rings. The summed E-state index contributed by atoms with van der Waals surface area (Å²) in [5, 5.41) is 2.66. The van der Waals surface area contributed by atoms with Crippen LogP contribution in [0.5, 0.6) is 23.0 Å². The molecule has 0 aliphatic carbocycles. The van der Waals surface area contributed by atoms with Crippen molar-refractivity contribution in [1.29, 1.82) is 0 Å². The Kier molecular flexibility index (Phi) is 6.78. The second kappa shape index (κ2) is 9.68. The summed E-state index contributed by atoms with van der Waals surface area (Å²) in [6.07, 6.45) is -0.923. The van der Waals surface area contributed by atoms with Gasteiger partial charge in [0.1, 0.15) is 6.61 Å². The van der Waals surface area contributed by atoms with E-state index in [2.05, 4.69) is 5.32 Å². The number of carbonyl (C=O) groups excluding carboxylic acids is 2. The average molecular weight is 401 g/mol. The number of para-hydroxylation sites is 2. The lowest BCUT2D eigenvalue weighted by atomic mass is 10.2. The Morgan fingerprint density at radius 1 is 1.03 bits per heavy atom. The molecule has 3 rings (SSSR count). The van der Waals surface area contributed by atoms with Crippen LogP contribution in [0.15, 0.2) is 42.5 Å². The lowest BCUT2D eigenvalue weighted by Gasteiger charge is -2.24. The second-order valence-corrected chi connectivity index (χ2v) is 6.05. The van der Waals surface area contributed by atoms with Gasteiger partial charge in [0, 0.05) is 11.8 Å². The Bertz CT molecular complexity index is 868. The van der Waals surface area contributed by atoms with E-state index in [-0.39, 0.29) is 6.61 Å². The number of rotatable bonds is 8. The van der Waals surface area contributed by atoms with Gasteiger partial charge in [0.15, 0.2) is 29.6 Å². The van der Waals surface area contributed by atoms with Crippen molar-refractivity contribution in [3.8, 4) is 23.0 Å². The molecular formula is C21H23NO7. The van der Waals surface area contributed by atoms with E-state index in [1.54, 1.807) is 36.4 Å². The number of benzene rings is 2. The number of amides is 1. The van der Waals surface area contributed by atoms with Crippen molar-refractivity contribution in [3.05, 3.63) is 42.5 Å². The largest absolute Gasteiger partial charge is 0.490 e. The first-order chi connectivity index (χ1) is 14.1. The maximum absolute atomic E-state index is 12.2. The minimum atomic E-state index is -0.923. The van der Waals surface area contributed by atoms with Gasteiger partial charge in [-0.3, -0.25) is 4.79 Å². The molecule has 0 fully saturated rings. The number of anilines is 1. The molecule has 1 N–H and O–H groups in total. The zero-order chi connectivity index (χ0) is 20.6. The Morgan fingerprint density at radius 3 is 2.52 bits per heavy atom. The van der Waals surface area contributed by atoms with E-state index in [1.807, 2.05) is 19.9 Å². The van der Waals surface area contributed by atoms with E-state index in [0.717, 1.165) is 0 Å². The summed E-state index contributed by atoms with van der Waals surface area (Å²) in [6.45, 7) is 4.27. The minimum Gasteiger partial charge on any atom is -0.490 e. The van der Waals surface area contributed by atoms with Gasteiger partial charge in [0.2, 0.25) is 6.10 Å². The molecule has 0 aromatic heterocycles. The first-order valence-electron chi connectivity index (χ1n) is 9.35. The highest BCUT2D eigenvalue weighted by molar-refractivity contribution is 5.93. The van der Waals surface area contributed by atoms with Gasteiger partial charge in [-0.1, -0.05) is 12.1 Å². The molecule has 0 spiro atoms. The molecular weight excluding hydrogens is 378 g/mol. The summed E-state index contributed by atoms with van der Waals surface area (Å²) in [4.78, 5) is 24.3. The van der Waals surface area contributed by atoms with Crippen LogP contribution in [-0.2, 0) is 14.3 Å². The third-order valence-electron chi connectivity index (χ3n) is 3.94. The van der Waals surface area contributed by atoms with Crippen LogP contribution in [0.2, 0.25) is 0 Å². The van der Waals surface area contributed by atoms with Crippen LogP contribution in [0.4, 0.5) is 5.69 Å². The second-order valence-electron chi connectivity index (χ2n) is 6.05. The van der Waals surface area contributed by atoms with E-state index in [1.165, 1.54) is 0 Å². The highest BCUT2D eigenvalue weighted by atomic mass is 16.6. The first-order valence-corrected chi connectivity index (χ1v) is 9.35. The fourth-order valence-corrected chi connectivity index (χ4v) is 2.69. The van der Waals surface area contributed by atoms with Crippen LogP contribution >= 0.6 is 0 Å². The van der Waals surface area contributed by atoms with Crippen molar-refractivity contribution < 1.29 is 33.3 Å². The van der Waals surface area contributed by atoms with Crippen molar-refractivity contribution in [2.45, 2.75) is 20.0 Å². The average Bonchev–Trinajstić information content (AvgIpc) is 2.74. The van der Waals surface area contributed by atoms with E-state index in [0.29, 0.717) is 41.9 Å². The molecule has 8 heteroatoms. The maximum Gasteiger partial charge on any atom is 0.351 e. The summed E-state index contributed by atoms with van der Waals surface area (Å²) in [7, 11) is 0. The van der Waals surface area contributed by atoms with Gasteiger partial charge in [0.05, 0.1) is 13.2 Å². The Labute approximate surface area is 168 Å². The molecule has 0 saturated heterocycles. The lowest BCUT2D eigenvalue weighted by molar-refractivity contribution is -0.156. The summed E-state index contributed by atoms with van der Waals surface area (Å²) < 4.78 is 27.1. The molecule has 1 aliphatic heterocycles. The number of nitrogens with one attached hydrogen (secondary N) is 1. The smallest absolute Gasteiger partial charge is 0.351 e. The molecule has 0 unspecified atom stereocenters. The number of fused-ring (bicyclic) bond motifs is 1. The molecule has 0 bridgehead atoms. The molecule has 29 heavy (non-hydrogen) atoms. The number of hydrogen-bond donors (Lipinski definition) is 1. The SMILES string of the molecule is CCOc1ccc(NC(=O)COC(=O)[C@@H]2COc3ccccc3O2)cc1OCC. The van der Waals surface area contributed by atoms with Gasteiger partial charge in [-0.15, -0.1) is 0 Å². The predicted molar refractivity (Wildman–Crippen MR) is 105 cm³/mol. The number of carbonyl (C=O) groups is 2. The predicted octanol–water partition coefficient (Wildman–Crippen LogP) is 2.81. The highest BCUT2D eigenvalue weighted by Crippen LogP contribution is 2.32. The van der Waals surface area contributed by atoms with Crippen molar-refractivity contribution in [2.24, 2.45) is 0 Å².